The molecule has 2 aromatic heterocycles. The number of para-hydroxylation sites is 3. The van der Waals surface area contributed by atoms with E-state index in [2.05, 4.69) is 123 Å². The summed E-state index contributed by atoms with van der Waals surface area (Å²) in [5.41, 5.74) is 12.0. The molecule has 270 valence electrons. The van der Waals surface area contributed by atoms with E-state index in [4.69, 9.17) is 4.42 Å². The SMILES string of the molecule is CCCCC1CCC(c2cc(C3CCCCC3)c(-n3c4[n+](c5ccccc53)C(C)(CC)C(C)(CC)c3ccccc3-4)c3c2oc2ccccc23)CC1. The monoisotopic (exact) mass is 691 g/mol. The number of furan rings is 1. The van der Waals surface area contributed by atoms with Crippen LogP contribution in [0.15, 0.2) is 83.3 Å². The summed E-state index contributed by atoms with van der Waals surface area (Å²) in [5, 5.41) is 2.60. The number of benzene rings is 4. The molecule has 0 radical (unpaired) electrons. The minimum absolute atomic E-state index is 0.0192. The van der Waals surface area contributed by atoms with E-state index in [1.165, 1.54) is 127 Å². The number of nitrogens with zero attached hydrogens (tertiary/aromatic N) is 2. The Hall–Kier alpha value is -3.85. The van der Waals surface area contributed by atoms with Gasteiger partial charge in [-0.1, -0.05) is 115 Å². The number of fused-ring (bicyclic) bond motifs is 8. The normalized spacial score (nSPS) is 25.2. The highest BCUT2D eigenvalue weighted by molar-refractivity contribution is 6.12. The summed E-state index contributed by atoms with van der Waals surface area (Å²) in [6, 6.07) is 30.3. The lowest BCUT2D eigenvalue weighted by Crippen LogP contribution is -2.67. The van der Waals surface area contributed by atoms with Crippen LogP contribution < -0.4 is 4.57 Å². The number of imidazole rings is 1. The van der Waals surface area contributed by atoms with Gasteiger partial charge in [-0.15, -0.1) is 0 Å². The summed E-state index contributed by atoms with van der Waals surface area (Å²) in [7, 11) is 0. The fourth-order valence-electron chi connectivity index (χ4n) is 11.4. The number of hydrogen-bond donors (Lipinski definition) is 0. The average molecular weight is 692 g/mol. The van der Waals surface area contributed by atoms with E-state index in [0.29, 0.717) is 11.8 Å². The second-order valence-corrected chi connectivity index (χ2v) is 17.2. The molecule has 2 unspecified atom stereocenters. The van der Waals surface area contributed by atoms with Gasteiger partial charge < -0.3 is 4.42 Å². The van der Waals surface area contributed by atoms with E-state index in [0.717, 1.165) is 29.9 Å². The van der Waals surface area contributed by atoms with Crippen LogP contribution in [0.3, 0.4) is 0 Å². The summed E-state index contributed by atoms with van der Waals surface area (Å²) >= 11 is 0. The first kappa shape index (κ1) is 34.0. The lowest BCUT2D eigenvalue weighted by Gasteiger charge is -2.47. The molecule has 52 heavy (non-hydrogen) atoms. The van der Waals surface area contributed by atoms with Crippen molar-refractivity contribution in [3.8, 4) is 17.1 Å². The van der Waals surface area contributed by atoms with Crippen molar-refractivity contribution >= 4 is 33.0 Å². The fraction of sp³-hybridized carbons (Fsp3) is 0.490. The highest BCUT2D eigenvalue weighted by Crippen LogP contribution is 2.54. The maximum Gasteiger partial charge on any atom is 0.295 e. The third-order valence-corrected chi connectivity index (χ3v) is 14.8. The van der Waals surface area contributed by atoms with Crippen LogP contribution in [0, 0.1) is 5.92 Å². The van der Waals surface area contributed by atoms with Crippen molar-refractivity contribution in [2.24, 2.45) is 5.92 Å². The third-order valence-electron chi connectivity index (χ3n) is 14.8. The van der Waals surface area contributed by atoms with Crippen molar-refractivity contribution in [1.29, 1.82) is 0 Å². The minimum atomic E-state index is -0.116. The maximum atomic E-state index is 7.13. The van der Waals surface area contributed by atoms with Gasteiger partial charge in [0, 0.05) is 16.4 Å². The third kappa shape index (κ3) is 4.93. The molecule has 1 aliphatic heterocycles. The average Bonchev–Trinajstić information content (AvgIpc) is 3.76. The topological polar surface area (TPSA) is 21.9 Å². The predicted molar refractivity (Wildman–Crippen MR) is 218 cm³/mol. The molecule has 3 aliphatic rings. The molecular formula is C49H59N2O+. The van der Waals surface area contributed by atoms with Crippen LogP contribution in [-0.2, 0) is 11.0 Å². The molecular weight excluding hydrogens is 633 g/mol. The van der Waals surface area contributed by atoms with Crippen molar-refractivity contribution in [2.75, 3.05) is 0 Å². The molecule has 2 atom stereocenters. The molecule has 0 saturated heterocycles. The second-order valence-electron chi connectivity index (χ2n) is 17.2. The van der Waals surface area contributed by atoms with Crippen LogP contribution in [0.5, 0.6) is 0 Å². The molecule has 0 amide bonds. The van der Waals surface area contributed by atoms with Gasteiger partial charge in [-0.2, -0.15) is 4.57 Å². The molecule has 3 heterocycles. The molecule has 3 heteroatoms. The highest BCUT2D eigenvalue weighted by atomic mass is 16.3. The summed E-state index contributed by atoms with van der Waals surface area (Å²) in [6.07, 6.45) is 18.0. The standard InChI is InChI=1S/C49H59N2O/c1-6-9-19-33-28-30-35(31-29-33)39-32-38(34-20-11-10-12-21-34)45(44-37-23-14-18-27-43(37)52-46(39)44)50-41-25-16-17-26-42(41)51-47(50)36-22-13-15-24-40(36)48(4,7-2)49(51,5)8-3/h13-18,22-27,32-35H,6-12,19-21,28-31H2,1-5H3/q+1. The first-order valence-corrected chi connectivity index (χ1v) is 21.1. The van der Waals surface area contributed by atoms with E-state index < -0.39 is 0 Å². The Morgan fingerprint density at radius 2 is 1.46 bits per heavy atom. The first-order valence-electron chi connectivity index (χ1n) is 21.1. The summed E-state index contributed by atoms with van der Waals surface area (Å²) in [4.78, 5) is 0. The Labute approximate surface area is 311 Å². The molecule has 2 saturated carbocycles. The predicted octanol–water partition coefficient (Wildman–Crippen LogP) is 13.8. The van der Waals surface area contributed by atoms with Gasteiger partial charge in [0.2, 0.25) is 0 Å². The zero-order valence-electron chi connectivity index (χ0n) is 32.4. The van der Waals surface area contributed by atoms with Gasteiger partial charge in [0.05, 0.1) is 10.9 Å². The van der Waals surface area contributed by atoms with Gasteiger partial charge in [0.1, 0.15) is 22.4 Å². The van der Waals surface area contributed by atoms with E-state index in [1.54, 1.807) is 5.56 Å². The van der Waals surface area contributed by atoms with Crippen LogP contribution in [0.2, 0.25) is 0 Å². The number of hydrogen-bond acceptors (Lipinski definition) is 1. The van der Waals surface area contributed by atoms with Gasteiger partial charge in [0.25, 0.3) is 5.82 Å². The highest BCUT2D eigenvalue weighted by Gasteiger charge is 2.56. The van der Waals surface area contributed by atoms with Crippen LogP contribution in [0.1, 0.15) is 153 Å². The minimum Gasteiger partial charge on any atom is -0.456 e. The van der Waals surface area contributed by atoms with E-state index in [9.17, 15) is 0 Å². The van der Waals surface area contributed by atoms with Gasteiger partial charge in [-0.05, 0) is 118 Å². The van der Waals surface area contributed by atoms with E-state index in [1.807, 2.05) is 0 Å². The maximum absolute atomic E-state index is 7.13. The zero-order valence-corrected chi connectivity index (χ0v) is 32.4. The molecule has 6 aromatic rings. The smallest absolute Gasteiger partial charge is 0.295 e. The van der Waals surface area contributed by atoms with Crippen LogP contribution in [-0.4, -0.2) is 4.57 Å². The molecule has 9 rings (SSSR count). The van der Waals surface area contributed by atoms with Crippen molar-refractivity contribution in [3.63, 3.8) is 0 Å². The largest absolute Gasteiger partial charge is 0.456 e. The Morgan fingerprint density at radius 3 is 2.23 bits per heavy atom. The molecule has 2 aliphatic carbocycles. The number of unbranched alkanes of at least 4 members (excludes halogenated alkanes) is 1. The molecule has 0 N–H and O–H groups in total. The van der Waals surface area contributed by atoms with E-state index in [-0.39, 0.29) is 11.0 Å². The van der Waals surface area contributed by atoms with Crippen molar-refractivity contribution in [1.82, 2.24) is 4.57 Å². The lowest BCUT2D eigenvalue weighted by molar-refractivity contribution is -0.743. The molecule has 2 fully saturated rings. The Kier molecular flexibility index (Phi) is 8.63. The van der Waals surface area contributed by atoms with Gasteiger partial charge in [0.15, 0.2) is 11.0 Å². The summed E-state index contributed by atoms with van der Waals surface area (Å²) in [5.74, 6) is 3.31. The van der Waals surface area contributed by atoms with Crippen LogP contribution >= 0.6 is 0 Å². The molecule has 3 nitrogen and oxygen atoms in total. The Balaban J connectivity index is 1.40. The van der Waals surface area contributed by atoms with Crippen molar-refractivity contribution < 1.29 is 8.98 Å². The van der Waals surface area contributed by atoms with Gasteiger partial charge in [-0.3, -0.25) is 0 Å². The summed E-state index contributed by atoms with van der Waals surface area (Å²) < 4.78 is 12.6. The van der Waals surface area contributed by atoms with Crippen molar-refractivity contribution in [3.05, 3.63) is 95.6 Å². The molecule has 0 spiro atoms. The quantitative estimate of drug-likeness (QED) is 0.146. The van der Waals surface area contributed by atoms with Crippen LogP contribution in [0.4, 0.5) is 0 Å². The first-order chi connectivity index (χ1) is 25.4. The van der Waals surface area contributed by atoms with Gasteiger partial charge in [-0.25, -0.2) is 4.57 Å². The van der Waals surface area contributed by atoms with Crippen molar-refractivity contribution in [2.45, 2.75) is 147 Å². The second kappa shape index (κ2) is 13.2. The number of rotatable bonds is 8. The Bertz CT molecular complexity index is 2260. The summed E-state index contributed by atoms with van der Waals surface area (Å²) in [6.45, 7) is 12.2. The van der Waals surface area contributed by atoms with E-state index >= 15 is 0 Å². The molecule has 4 aromatic carbocycles. The number of aromatic nitrogens is 2. The molecule has 0 bridgehead atoms. The van der Waals surface area contributed by atoms with Gasteiger partial charge >= 0.3 is 0 Å². The van der Waals surface area contributed by atoms with Crippen LogP contribution in [0.25, 0.3) is 50.0 Å². The lowest BCUT2D eigenvalue weighted by atomic mass is 9.61. The fourth-order valence-corrected chi connectivity index (χ4v) is 11.4. The zero-order chi connectivity index (χ0) is 35.6. The Morgan fingerprint density at radius 1 is 0.750 bits per heavy atom.